The highest BCUT2D eigenvalue weighted by Gasteiger charge is 2.52. The van der Waals surface area contributed by atoms with Crippen LogP contribution in [0, 0.1) is 17.8 Å². The summed E-state index contributed by atoms with van der Waals surface area (Å²) < 4.78 is 0. The van der Waals surface area contributed by atoms with Crippen molar-refractivity contribution in [3.05, 3.63) is 0 Å². The van der Waals surface area contributed by atoms with Crippen LogP contribution in [-0.4, -0.2) is 29.5 Å². The van der Waals surface area contributed by atoms with Gasteiger partial charge in [-0.2, -0.15) is 0 Å². The quantitative estimate of drug-likeness (QED) is 0.478. The number of rotatable bonds is 3. The summed E-state index contributed by atoms with van der Waals surface area (Å²) in [4.78, 5) is 34.9. The minimum Gasteiger partial charge on any atom is -0.303 e. The van der Waals surface area contributed by atoms with Crippen molar-refractivity contribution in [1.29, 1.82) is 0 Å². The van der Waals surface area contributed by atoms with Gasteiger partial charge in [-0.25, -0.2) is 0 Å². The molecule has 0 aromatic heterocycles. The standard InChI is InChI=1S/C10H13NO3/c1-6(5-12)4-11-9(13)7-2-3-8(7)10(11)14/h5-8H,2-4H2,1H3. The van der Waals surface area contributed by atoms with Crippen LogP contribution in [-0.2, 0) is 14.4 Å². The lowest BCUT2D eigenvalue weighted by atomic mass is 9.76. The zero-order valence-corrected chi connectivity index (χ0v) is 8.10. The molecule has 14 heavy (non-hydrogen) atoms. The van der Waals surface area contributed by atoms with Crippen LogP contribution < -0.4 is 0 Å². The van der Waals surface area contributed by atoms with Gasteiger partial charge in [0, 0.05) is 12.5 Å². The average molecular weight is 195 g/mol. The molecule has 0 aromatic carbocycles. The van der Waals surface area contributed by atoms with Gasteiger partial charge in [-0.05, 0) is 12.8 Å². The van der Waals surface area contributed by atoms with Crippen molar-refractivity contribution in [2.45, 2.75) is 19.8 Å². The van der Waals surface area contributed by atoms with E-state index < -0.39 is 0 Å². The van der Waals surface area contributed by atoms with Gasteiger partial charge in [0.25, 0.3) is 0 Å². The molecule has 1 aliphatic carbocycles. The maximum atomic E-state index is 11.6. The maximum absolute atomic E-state index is 11.6. The third-order valence-electron chi connectivity index (χ3n) is 3.14. The van der Waals surface area contributed by atoms with E-state index in [0.29, 0.717) is 0 Å². The number of hydrogen-bond donors (Lipinski definition) is 0. The van der Waals surface area contributed by atoms with Gasteiger partial charge in [0.15, 0.2) is 0 Å². The van der Waals surface area contributed by atoms with E-state index in [0.717, 1.165) is 19.1 Å². The van der Waals surface area contributed by atoms with E-state index in [2.05, 4.69) is 0 Å². The molecule has 0 radical (unpaired) electrons. The lowest BCUT2D eigenvalue weighted by Gasteiger charge is -2.24. The highest BCUT2D eigenvalue weighted by atomic mass is 16.2. The van der Waals surface area contributed by atoms with Crippen molar-refractivity contribution in [2.24, 2.45) is 17.8 Å². The number of carbonyl (C=O) groups excluding carboxylic acids is 3. The summed E-state index contributed by atoms with van der Waals surface area (Å²) >= 11 is 0. The number of imide groups is 1. The van der Waals surface area contributed by atoms with Crippen molar-refractivity contribution >= 4 is 18.1 Å². The van der Waals surface area contributed by atoms with Crippen LogP contribution in [0.1, 0.15) is 19.8 Å². The Morgan fingerprint density at radius 3 is 2.21 bits per heavy atom. The highest BCUT2D eigenvalue weighted by molar-refractivity contribution is 6.06. The van der Waals surface area contributed by atoms with Gasteiger partial charge in [-0.3, -0.25) is 14.5 Å². The average Bonchev–Trinajstić information content (AvgIpc) is 2.24. The lowest BCUT2D eigenvalue weighted by Crippen LogP contribution is -2.34. The number of carbonyl (C=O) groups is 3. The topological polar surface area (TPSA) is 54.5 Å². The Morgan fingerprint density at radius 2 is 1.86 bits per heavy atom. The lowest BCUT2D eigenvalue weighted by molar-refractivity contribution is -0.140. The van der Waals surface area contributed by atoms with E-state index in [4.69, 9.17) is 0 Å². The normalized spacial score (nSPS) is 32.5. The van der Waals surface area contributed by atoms with Crippen LogP contribution >= 0.6 is 0 Å². The predicted molar refractivity (Wildman–Crippen MR) is 48.2 cm³/mol. The monoisotopic (exact) mass is 195 g/mol. The third kappa shape index (κ3) is 1.17. The zero-order valence-electron chi connectivity index (χ0n) is 8.10. The Morgan fingerprint density at radius 1 is 1.36 bits per heavy atom. The molecule has 0 spiro atoms. The van der Waals surface area contributed by atoms with Crippen LogP contribution in [0.2, 0.25) is 0 Å². The summed E-state index contributed by atoms with van der Waals surface area (Å²) in [7, 11) is 0. The first-order valence-corrected chi connectivity index (χ1v) is 4.95. The van der Waals surface area contributed by atoms with E-state index in [1.54, 1.807) is 6.92 Å². The minimum atomic E-state index is -0.250. The van der Waals surface area contributed by atoms with Gasteiger partial charge < -0.3 is 4.79 Å². The molecule has 2 aliphatic rings. The van der Waals surface area contributed by atoms with Crippen LogP contribution in [0.25, 0.3) is 0 Å². The van der Waals surface area contributed by atoms with Gasteiger partial charge in [0.2, 0.25) is 11.8 Å². The molecule has 0 bridgehead atoms. The van der Waals surface area contributed by atoms with E-state index in [9.17, 15) is 14.4 Å². The fourth-order valence-corrected chi connectivity index (χ4v) is 2.11. The summed E-state index contributed by atoms with van der Waals surface area (Å²) in [5.41, 5.74) is 0. The molecule has 1 aliphatic heterocycles. The molecular weight excluding hydrogens is 182 g/mol. The predicted octanol–water partition coefficient (Wildman–Crippen LogP) is 0.216. The summed E-state index contributed by atoms with van der Waals surface area (Å²) in [5.74, 6) is -0.525. The fourth-order valence-electron chi connectivity index (χ4n) is 2.11. The Bertz CT molecular complexity index is 278. The molecule has 3 unspecified atom stereocenters. The molecule has 2 rings (SSSR count). The van der Waals surface area contributed by atoms with E-state index >= 15 is 0 Å². The van der Waals surface area contributed by atoms with Gasteiger partial charge in [0.05, 0.1) is 11.8 Å². The number of hydrogen-bond acceptors (Lipinski definition) is 3. The SMILES string of the molecule is CC(C=O)CN1C(=O)C2CCC2C1=O. The largest absolute Gasteiger partial charge is 0.303 e. The van der Waals surface area contributed by atoms with Gasteiger partial charge in [0.1, 0.15) is 6.29 Å². The second kappa shape index (κ2) is 3.19. The molecule has 3 atom stereocenters. The summed E-state index contributed by atoms with van der Waals surface area (Å²) in [6.45, 7) is 1.97. The number of likely N-dealkylation sites (tertiary alicyclic amines) is 1. The Labute approximate surface area is 82.3 Å². The molecule has 76 valence electrons. The molecule has 2 amide bonds. The summed E-state index contributed by atoms with van der Waals surface area (Å²) in [6.07, 6.45) is 2.45. The van der Waals surface area contributed by atoms with Crippen LogP contribution in [0.4, 0.5) is 0 Å². The van der Waals surface area contributed by atoms with Crippen molar-refractivity contribution < 1.29 is 14.4 Å². The molecule has 0 N–H and O–H groups in total. The second-order valence-electron chi connectivity index (χ2n) is 4.19. The maximum Gasteiger partial charge on any atom is 0.233 e. The Balaban J connectivity index is 2.08. The van der Waals surface area contributed by atoms with Gasteiger partial charge in [-0.1, -0.05) is 6.92 Å². The smallest absolute Gasteiger partial charge is 0.233 e. The van der Waals surface area contributed by atoms with Crippen molar-refractivity contribution in [2.75, 3.05) is 6.54 Å². The molecule has 1 saturated heterocycles. The van der Waals surface area contributed by atoms with Crippen LogP contribution in [0.15, 0.2) is 0 Å². The van der Waals surface area contributed by atoms with Crippen molar-refractivity contribution in [3.63, 3.8) is 0 Å². The molecule has 4 heteroatoms. The fraction of sp³-hybridized carbons (Fsp3) is 0.700. The molecular formula is C10H13NO3. The third-order valence-corrected chi connectivity index (χ3v) is 3.14. The molecule has 1 heterocycles. The first kappa shape index (κ1) is 9.37. The number of nitrogens with zero attached hydrogens (tertiary/aromatic N) is 1. The zero-order chi connectivity index (χ0) is 10.3. The van der Waals surface area contributed by atoms with Crippen LogP contribution in [0.5, 0.6) is 0 Å². The number of fused-ring (bicyclic) bond motifs is 1. The first-order valence-electron chi connectivity index (χ1n) is 4.95. The van der Waals surface area contributed by atoms with E-state index in [1.165, 1.54) is 4.90 Å². The molecule has 4 nitrogen and oxygen atoms in total. The molecule has 0 aromatic rings. The first-order chi connectivity index (χ1) is 6.65. The second-order valence-corrected chi connectivity index (χ2v) is 4.19. The number of amides is 2. The summed E-state index contributed by atoms with van der Waals surface area (Å²) in [6, 6.07) is 0. The summed E-state index contributed by atoms with van der Waals surface area (Å²) in [5, 5.41) is 0. The highest BCUT2D eigenvalue weighted by Crippen LogP contribution is 2.42. The van der Waals surface area contributed by atoms with Crippen molar-refractivity contribution in [1.82, 2.24) is 4.90 Å². The number of aldehydes is 1. The van der Waals surface area contributed by atoms with Gasteiger partial charge >= 0.3 is 0 Å². The van der Waals surface area contributed by atoms with E-state index in [1.807, 2.05) is 0 Å². The Hall–Kier alpha value is -1.19. The minimum absolute atomic E-state index is 0.0682. The molecule has 1 saturated carbocycles. The molecule has 2 fully saturated rings. The van der Waals surface area contributed by atoms with Gasteiger partial charge in [-0.15, -0.1) is 0 Å². The van der Waals surface area contributed by atoms with E-state index in [-0.39, 0.29) is 36.1 Å². The Kier molecular flexibility index (Phi) is 2.13. The van der Waals surface area contributed by atoms with Crippen LogP contribution in [0.3, 0.4) is 0 Å². The van der Waals surface area contributed by atoms with Crippen molar-refractivity contribution in [3.8, 4) is 0 Å².